The third kappa shape index (κ3) is 1.55. The molecular weight excluding hydrogens is 230 g/mol. The number of carboxylic acid groups (broad SMARTS) is 1. The minimum Gasteiger partial charge on any atom is -0.481 e. The zero-order valence-electron chi connectivity index (χ0n) is 8.65. The van der Waals surface area contributed by atoms with Crippen LogP contribution in [0, 0.1) is 10.1 Å². The van der Waals surface area contributed by atoms with Crippen molar-refractivity contribution in [3.8, 4) is 5.88 Å². The van der Waals surface area contributed by atoms with Crippen LogP contribution in [0.1, 0.15) is 10.4 Å². The van der Waals surface area contributed by atoms with E-state index in [0.717, 1.165) is 10.7 Å². The van der Waals surface area contributed by atoms with Crippen LogP contribution in [0.5, 0.6) is 5.88 Å². The lowest BCUT2D eigenvalue weighted by Gasteiger charge is -2.03. The molecule has 0 amide bonds. The maximum atomic E-state index is 10.9. The van der Waals surface area contributed by atoms with Gasteiger partial charge in [0.25, 0.3) is 5.69 Å². The third-order valence-corrected chi connectivity index (χ3v) is 2.24. The fraction of sp³-hybridized carbons (Fsp3) is 0.111. The summed E-state index contributed by atoms with van der Waals surface area (Å²) in [5, 5.41) is 23.5. The molecule has 1 N–H and O–H groups in total. The standard InChI is InChI=1S/C9H7N3O5/c1-17-7-3-2-6(12(15)16)8-5(9(13)14)4-10-11(7)8/h2-4H,1H3,(H,13,14). The SMILES string of the molecule is COc1ccc([N+](=O)[O-])c2c(C(=O)O)cnn12. The Labute approximate surface area is 94.2 Å². The first-order valence-corrected chi connectivity index (χ1v) is 4.48. The summed E-state index contributed by atoms with van der Waals surface area (Å²) >= 11 is 0. The molecule has 0 bridgehead atoms. The second-order valence-corrected chi connectivity index (χ2v) is 3.14. The predicted molar refractivity (Wildman–Crippen MR) is 55.4 cm³/mol. The number of carbonyl (C=O) groups is 1. The second kappa shape index (κ2) is 3.74. The summed E-state index contributed by atoms with van der Waals surface area (Å²) < 4.78 is 6.03. The van der Waals surface area contributed by atoms with Crippen LogP contribution in [0.3, 0.4) is 0 Å². The van der Waals surface area contributed by atoms with Crippen molar-refractivity contribution in [2.24, 2.45) is 0 Å². The van der Waals surface area contributed by atoms with Crippen molar-refractivity contribution in [1.29, 1.82) is 0 Å². The highest BCUT2D eigenvalue weighted by Gasteiger charge is 2.23. The molecule has 2 aromatic rings. The van der Waals surface area contributed by atoms with Gasteiger partial charge in [0.15, 0.2) is 5.52 Å². The molecule has 2 heterocycles. The molecule has 17 heavy (non-hydrogen) atoms. The number of ether oxygens (including phenoxy) is 1. The lowest BCUT2D eigenvalue weighted by molar-refractivity contribution is -0.383. The van der Waals surface area contributed by atoms with Gasteiger partial charge in [0.1, 0.15) is 5.56 Å². The van der Waals surface area contributed by atoms with Crippen LogP contribution < -0.4 is 4.74 Å². The number of hydrogen-bond acceptors (Lipinski definition) is 5. The topological polar surface area (TPSA) is 107 Å². The summed E-state index contributed by atoms with van der Waals surface area (Å²) in [4.78, 5) is 21.1. The van der Waals surface area contributed by atoms with E-state index in [1.807, 2.05) is 0 Å². The summed E-state index contributed by atoms with van der Waals surface area (Å²) in [7, 11) is 1.36. The van der Waals surface area contributed by atoms with Crippen molar-refractivity contribution in [2.45, 2.75) is 0 Å². The van der Waals surface area contributed by atoms with Crippen molar-refractivity contribution in [3.63, 3.8) is 0 Å². The molecule has 2 aromatic heterocycles. The number of nitrogens with zero attached hydrogens (tertiary/aromatic N) is 3. The Morgan fingerprint density at radius 3 is 2.82 bits per heavy atom. The van der Waals surface area contributed by atoms with Crippen LogP contribution in [0.25, 0.3) is 5.52 Å². The maximum absolute atomic E-state index is 10.9. The summed E-state index contributed by atoms with van der Waals surface area (Å²) in [5.74, 6) is -1.06. The number of aromatic carboxylic acids is 1. The fourth-order valence-electron chi connectivity index (χ4n) is 1.52. The van der Waals surface area contributed by atoms with Crippen molar-refractivity contribution >= 4 is 17.2 Å². The van der Waals surface area contributed by atoms with Gasteiger partial charge in [-0.05, 0) is 0 Å². The zero-order valence-corrected chi connectivity index (χ0v) is 8.65. The Kier molecular flexibility index (Phi) is 2.39. The van der Waals surface area contributed by atoms with Gasteiger partial charge in [-0.2, -0.15) is 9.61 Å². The maximum Gasteiger partial charge on any atom is 0.339 e. The van der Waals surface area contributed by atoms with Crippen LogP contribution in [0.2, 0.25) is 0 Å². The molecule has 8 nitrogen and oxygen atoms in total. The Morgan fingerprint density at radius 1 is 1.59 bits per heavy atom. The molecule has 0 saturated heterocycles. The molecule has 2 rings (SSSR count). The van der Waals surface area contributed by atoms with E-state index in [2.05, 4.69) is 5.10 Å². The summed E-state index contributed by atoms with van der Waals surface area (Å²) in [6.45, 7) is 0. The van der Waals surface area contributed by atoms with Gasteiger partial charge in [-0.15, -0.1) is 0 Å². The van der Waals surface area contributed by atoms with E-state index in [0.29, 0.717) is 0 Å². The quantitative estimate of drug-likeness (QED) is 0.629. The number of carboxylic acids is 1. The van der Waals surface area contributed by atoms with Gasteiger partial charge in [-0.1, -0.05) is 0 Å². The molecule has 0 aromatic carbocycles. The van der Waals surface area contributed by atoms with Crippen LogP contribution >= 0.6 is 0 Å². The molecule has 0 unspecified atom stereocenters. The average Bonchev–Trinajstić information content (AvgIpc) is 2.71. The molecule has 0 saturated carbocycles. The Balaban J connectivity index is 2.89. The van der Waals surface area contributed by atoms with Crippen LogP contribution in [-0.2, 0) is 0 Å². The van der Waals surface area contributed by atoms with E-state index >= 15 is 0 Å². The van der Waals surface area contributed by atoms with Gasteiger partial charge in [0.2, 0.25) is 5.88 Å². The molecule has 0 aliphatic rings. The Hall–Kier alpha value is -2.64. The zero-order chi connectivity index (χ0) is 12.6. The highest BCUT2D eigenvalue weighted by Crippen LogP contribution is 2.27. The van der Waals surface area contributed by atoms with Gasteiger partial charge in [-0.3, -0.25) is 10.1 Å². The molecular formula is C9H7N3O5. The summed E-state index contributed by atoms with van der Waals surface area (Å²) in [6, 6.07) is 2.53. The van der Waals surface area contributed by atoms with Crippen molar-refractivity contribution in [3.05, 3.63) is 34.0 Å². The van der Waals surface area contributed by atoms with E-state index in [1.165, 1.54) is 19.2 Å². The molecule has 0 aliphatic carbocycles. The van der Waals surface area contributed by atoms with Crippen molar-refractivity contribution in [2.75, 3.05) is 7.11 Å². The van der Waals surface area contributed by atoms with Crippen LogP contribution in [0.4, 0.5) is 5.69 Å². The predicted octanol–water partition coefficient (Wildman–Crippen LogP) is 0.949. The summed E-state index contributed by atoms with van der Waals surface area (Å²) in [5.41, 5.74) is -0.668. The van der Waals surface area contributed by atoms with E-state index in [-0.39, 0.29) is 22.6 Å². The molecule has 0 radical (unpaired) electrons. The second-order valence-electron chi connectivity index (χ2n) is 3.14. The monoisotopic (exact) mass is 237 g/mol. The van der Waals surface area contributed by atoms with E-state index in [4.69, 9.17) is 9.84 Å². The first-order valence-electron chi connectivity index (χ1n) is 4.48. The van der Waals surface area contributed by atoms with E-state index in [1.54, 1.807) is 0 Å². The largest absolute Gasteiger partial charge is 0.481 e. The minimum atomic E-state index is -1.28. The minimum absolute atomic E-state index is 0.0955. The first-order chi connectivity index (χ1) is 8.06. The van der Waals surface area contributed by atoms with Crippen molar-refractivity contribution < 1.29 is 19.6 Å². The molecule has 0 atom stereocenters. The Morgan fingerprint density at radius 2 is 2.29 bits per heavy atom. The average molecular weight is 237 g/mol. The highest BCUT2D eigenvalue weighted by molar-refractivity contribution is 5.98. The van der Waals surface area contributed by atoms with Crippen molar-refractivity contribution in [1.82, 2.24) is 9.61 Å². The number of pyridine rings is 1. The van der Waals surface area contributed by atoms with E-state index in [9.17, 15) is 14.9 Å². The number of fused-ring (bicyclic) bond motifs is 1. The molecule has 8 heteroatoms. The lowest BCUT2D eigenvalue weighted by atomic mass is 10.2. The molecule has 0 spiro atoms. The molecule has 0 fully saturated rings. The first kappa shape index (κ1) is 10.9. The number of rotatable bonds is 3. The van der Waals surface area contributed by atoms with Gasteiger partial charge >= 0.3 is 5.97 Å². The normalized spacial score (nSPS) is 10.4. The molecule has 0 aliphatic heterocycles. The fourth-order valence-corrected chi connectivity index (χ4v) is 1.52. The highest BCUT2D eigenvalue weighted by atomic mass is 16.6. The van der Waals surface area contributed by atoms with Crippen LogP contribution in [-0.4, -0.2) is 32.7 Å². The lowest BCUT2D eigenvalue weighted by Crippen LogP contribution is -2.02. The summed E-state index contributed by atoms with van der Waals surface area (Å²) in [6.07, 6.45) is 1.05. The van der Waals surface area contributed by atoms with Gasteiger partial charge < -0.3 is 9.84 Å². The van der Waals surface area contributed by atoms with Gasteiger partial charge in [0.05, 0.1) is 18.2 Å². The Bertz CT molecular complexity index is 618. The number of nitro groups is 1. The number of aromatic nitrogens is 2. The van der Waals surface area contributed by atoms with Crippen LogP contribution in [0.15, 0.2) is 18.3 Å². The number of hydrogen-bond donors (Lipinski definition) is 1. The molecule has 88 valence electrons. The van der Waals surface area contributed by atoms with Gasteiger partial charge in [0, 0.05) is 12.1 Å². The third-order valence-electron chi connectivity index (χ3n) is 2.24. The van der Waals surface area contributed by atoms with Gasteiger partial charge in [-0.25, -0.2) is 4.79 Å². The smallest absolute Gasteiger partial charge is 0.339 e. The van der Waals surface area contributed by atoms with E-state index < -0.39 is 10.9 Å². The number of methoxy groups -OCH3 is 1.